The fourth-order valence-electron chi connectivity index (χ4n) is 5.35. The van der Waals surface area contributed by atoms with E-state index in [1.165, 1.54) is 61.0 Å². The maximum Gasteiger partial charge on any atom is 0.0410 e. The Morgan fingerprint density at radius 2 is 1.45 bits per heavy atom. The van der Waals surface area contributed by atoms with Crippen molar-refractivity contribution in [3.8, 4) is 0 Å². The minimum atomic E-state index is 0.317. The summed E-state index contributed by atoms with van der Waals surface area (Å²) in [6.07, 6.45) is 2.35. The molecule has 1 nitrogen and oxygen atoms in total. The van der Waals surface area contributed by atoms with Gasteiger partial charge in [-0.25, -0.2) is 0 Å². The van der Waals surface area contributed by atoms with Crippen LogP contribution in [-0.2, 0) is 6.54 Å². The second kappa shape index (κ2) is 7.74. The topological polar surface area (TPSA) is 12.0 Å². The fraction of sp³-hybridized carbons (Fsp3) is 0.200. The van der Waals surface area contributed by atoms with Crippen LogP contribution in [0.3, 0.4) is 0 Å². The summed E-state index contributed by atoms with van der Waals surface area (Å²) in [5.41, 5.74) is 12.2. The van der Waals surface area contributed by atoms with Gasteiger partial charge in [0.05, 0.1) is 0 Å². The monoisotopic (exact) mass is 403 g/mol. The number of aryl methyl sites for hydroxylation is 3. The molecular weight excluding hydrogens is 374 g/mol. The summed E-state index contributed by atoms with van der Waals surface area (Å²) in [6, 6.07) is 26.7. The largest absolute Gasteiger partial charge is 0.381 e. The van der Waals surface area contributed by atoms with Crippen LogP contribution < -0.4 is 5.32 Å². The molecule has 0 saturated heterocycles. The quantitative estimate of drug-likeness (QED) is 0.365. The van der Waals surface area contributed by atoms with Crippen LogP contribution in [0.2, 0.25) is 0 Å². The Kier molecular flexibility index (Phi) is 4.90. The van der Waals surface area contributed by atoms with Gasteiger partial charge in [0.15, 0.2) is 0 Å². The van der Waals surface area contributed by atoms with E-state index in [9.17, 15) is 0 Å². The molecule has 4 aromatic carbocycles. The van der Waals surface area contributed by atoms with E-state index in [2.05, 4.69) is 112 Å². The van der Waals surface area contributed by atoms with Gasteiger partial charge in [-0.3, -0.25) is 0 Å². The first-order chi connectivity index (χ1) is 15.0. The van der Waals surface area contributed by atoms with Gasteiger partial charge in [-0.1, -0.05) is 90.0 Å². The Morgan fingerprint density at radius 3 is 2.26 bits per heavy atom. The molecule has 4 aromatic rings. The van der Waals surface area contributed by atoms with Gasteiger partial charge in [0.1, 0.15) is 0 Å². The van der Waals surface area contributed by atoms with E-state index in [1.54, 1.807) is 0 Å². The lowest BCUT2D eigenvalue weighted by Gasteiger charge is -2.22. The van der Waals surface area contributed by atoms with Gasteiger partial charge in [0, 0.05) is 18.2 Å². The van der Waals surface area contributed by atoms with Gasteiger partial charge in [-0.2, -0.15) is 0 Å². The summed E-state index contributed by atoms with van der Waals surface area (Å²) >= 11 is 0. The fourth-order valence-corrected chi connectivity index (χ4v) is 5.35. The summed E-state index contributed by atoms with van der Waals surface area (Å²) in [7, 11) is 0. The Hall–Kier alpha value is -3.32. The molecule has 31 heavy (non-hydrogen) atoms. The molecule has 1 aliphatic carbocycles. The van der Waals surface area contributed by atoms with Crippen molar-refractivity contribution in [1.82, 2.24) is 0 Å². The Bertz CT molecular complexity index is 1300. The normalized spacial score (nSPS) is 15.1. The highest BCUT2D eigenvalue weighted by Gasteiger charge is 2.26. The van der Waals surface area contributed by atoms with E-state index in [-0.39, 0.29) is 0 Å². The average molecular weight is 404 g/mol. The van der Waals surface area contributed by atoms with Crippen molar-refractivity contribution in [2.45, 2.75) is 40.2 Å². The van der Waals surface area contributed by atoms with Crippen molar-refractivity contribution in [2.75, 3.05) is 5.32 Å². The highest BCUT2D eigenvalue weighted by molar-refractivity contribution is 5.88. The minimum Gasteiger partial charge on any atom is -0.381 e. The maximum absolute atomic E-state index is 3.80. The highest BCUT2D eigenvalue weighted by atomic mass is 14.9. The summed E-state index contributed by atoms with van der Waals surface area (Å²) in [5.74, 6) is 0.317. The summed E-state index contributed by atoms with van der Waals surface area (Å²) in [6.45, 7) is 9.65. The van der Waals surface area contributed by atoms with Gasteiger partial charge in [-0.15, -0.1) is 0 Å². The highest BCUT2D eigenvalue weighted by Crippen LogP contribution is 2.43. The first-order valence-electron chi connectivity index (χ1n) is 11.1. The van der Waals surface area contributed by atoms with Crippen LogP contribution in [0.5, 0.6) is 0 Å². The van der Waals surface area contributed by atoms with Crippen molar-refractivity contribution in [1.29, 1.82) is 0 Å². The molecule has 1 aliphatic rings. The van der Waals surface area contributed by atoms with Crippen molar-refractivity contribution in [3.63, 3.8) is 0 Å². The third-order valence-corrected chi connectivity index (χ3v) is 6.65. The number of hydrogen-bond donors (Lipinski definition) is 1. The predicted octanol–water partition coefficient (Wildman–Crippen LogP) is 7.93. The number of allylic oxidation sites excluding steroid dienone is 1. The zero-order valence-corrected chi connectivity index (χ0v) is 18.8. The molecule has 1 unspecified atom stereocenters. The standard InChI is InChI=1S/C30H29N/c1-19-15-21(3)30(22(4)16-19)31-18-28-25-11-7-5-9-23(25)13-14-27(28)29-20(2)17-24-10-6-8-12-26(24)29/h5-17,29,31H,18H2,1-4H3. The van der Waals surface area contributed by atoms with Gasteiger partial charge >= 0.3 is 0 Å². The van der Waals surface area contributed by atoms with E-state index in [4.69, 9.17) is 0 Å². The summed E-state index contributed by atoms with van der Waals surface area (Å²) in [5, 5.41) is 6.44. The molecule has 0 radical (unpaired) electrons. The number of anilines is 1. The molecule has 1 atom stereocenters. The van der Waals surface area contributed by atoms with E-state index < -0.39 is 0 Å². The molecular formula is C30H29N. The molecule has 0 bridgehead atoms. The SMILES string of the molecule is CC1=Cc2ccccc2C1c1ccc2ccccc2c1CNc1c(C)cc(C)cc1C. The first-order valence-corrected chi connectivity index (χ1v) is 11.1. The second-order valence-electron chi connectivity index (χ2n) is 8.93. The molecule has 0 amide bonds. The van der Waals surface area contributed by atoms with Crippen LogP contribution >= 0.6 is 0 Å². The second-order valence-corrected chi connectivity index (χ2v) is 8.93. The Morgan fingerprint density at radius 1 is 0.742 bits per heavy atom. The average Bonchev–Trinajstić information content (AvgIpc) is 3.08. The predicted molar refractivity (Wildman–Crippen MR) is 134 cm³/mol. The zero-order chi connectivity index (χ0) is 21.5. The van der Waals surface area contributed by atoms with Crippen LogP contribution in [-0.4, -0.2) is 0 Å². The number of fused-ring (bicyclic) bond motifs is 2. The van der Waals surface area contributed by atoms with Crippen LogP contribution in [0.4, 0.5) is 5.69 Å². The van der Waals surface area contributed by atoms with Gasteiger partial charge in [-0.05, 0) is 71.8 Å². The van der Waals surface area contributed by atoms with Crippen LogP contribution in [0.25, 0.3) is 16.8 Å². The lowest BCUT2D eigenvalue weighted by atomic mass is 9.84. The number of rotatable bonds is 4. The van der Waals surface area contributed by atoms with E-state index >= 15 is 0 Å². The van der Waals surface area contributed by atoms with Crippen LogP contribution in [0, 0.1) is 20.8 Å². The first kappa shape index (κ1) is 19.6. The van der Waals surface area contributed by atoms with Crippen molar-refractivity contribution >= 4 is 22.5 Å². The number of benzene rings is 4. The molecule has 0 aromatic heterocycles. The Balaban J connectivity index is 1.63. The molecule has 0 fully saturated rings. The van der Waals surface area contributed by atoms with Crippen molar-refractivity contribution in [3.05, 3.63) is 117 Å². The Labute approximate surface area is 185 Å². The molecule has 0 spiro atoms. The molecule has 0 saturated carbocycles. The van der Waals surface area contributed by atoms with Crippen LogP contribution in [0.1, 0.15) is 51.8 Å². The van der Waals surface area contributed by atoms with Gasteiger partial charge < -0.3 is 5.32 Å². The van der Waals surface area contributed by atoms with E-state index in [1.807, 2.05) is 0 Å². The molecule has 154 valence electrons. The van der Waals surface area contributed by atoms with Crippen molar-refractivity contribution < 1.29 is 0 Å². The lowest BCUT2D eigenvalue weighted by Crippen LogP contribution is -2.10. The summed E-state index contributed by atoms with van der Waals surface area (Å²) in [4.78, 5) is 0. The third kappa shape index (κ3) is 3.45. The maximum atomic E-state index is 3.80. The van der Waals surface area contributed by atoms with Crippen LogP contribution in [0.15, 0.2) is 78.4 Å². The molecule has 0 aliphatic heterocycles. The van der Waals surface area contributed by atoms with Crippen molar-refractivity contribution in [2.24, 2.45) is 0 Å². The van der Waals surface area contributed by atoms with E-state index in [0.717, 1.165) is 6.54 Å². The zero-order valence-electron chi connectivity index (χ0n) is 18.8. The minimum absolute atomic E-state index is 0.317. The molecule has 1 N–H and O–H groups in total. The van der Waals surface area contributed by atoms with Gasteiger partial charge in [0.2, 0.25) is 0 Å². The number of hydrogen-bond acceptors (Lipinski definition) is 1. The van der Waals surface area contributed by atoms with Gasteiger partial charge in [0.25, 0.3) is 0 Å². The van der Waals surface area contributed by atoms with E-state index in [0.29, 0.717) is 5.92 Å². The third-order valence-electron chi connectivity index (χ3n) is 6.65. The molecule has 0 heterocycles. The lowest BCUT2D eigenvalue weighted by molar-refractivity contribution is 0.946. The number of nitrogens with one attached hydrogen (secondary N) is 1. The smallest absolute Gasteiger partial charge is 0.0410 e. The molecule has 5 rings (SSSR count). The summed E-state index contributed by atoms with van der Waals surface area (Å²) < 4.78 is 0. The molecule has 1 heteroatoms.